The average Bonchev–Trinajstić information content (AvgIpc) is 2.96. The fraction of sp³-hybridized carbons (Fsp3) is 0.333. The Hall–Kier alpha value is -2.00. The molecule has 3 rings (SSSR count). The highest BCUT2D eigenvalue weighted by molar-refractivity contribution is 5.38. The molecule has 0 saturated heterocycles. The SMILES string of the molecule is CCCOc1ccc(C(O)C2Cc3ccccc3O2)cc1. The van der Waals surface area contributed by atoms with Crippen LogP contribution < -0.4 is 9.47 Å². The second-order valence-electron chi connectivity index (χ2n) is 5.33. The first-order valence-corrected chi connectivity index (χ1v) is 7.43. The monoisotopic (exact) mass is 284 g/mol. The minimum atomic E-state index is -0.627. The molecule has 0 spiro atoms. The van der Waals surface area contributed by atoms with Crippen LogP contribution in [0.1, 0.15) is 30.6 Å². The van der Waals surface area contributed by atoms with Crippen molar-refractivity contribution in [2.24, 2.45) is 0 Å². The van der Waals surface area contributed by atoms with Gasteiger partial charge in [0.2, 0.25) is 0 Å². The molecule has 1 aliphatic heterocycles. The summed E-state index contributed by atoms with van der Waals surface area (Å²) >= 11 is 0. The number of benzene rings is 2. The zero-order chi connectivity index (χ0) is 14.7. The lowest BCUT2D eigenvalue weighted by molar-refractivity contribution is 0.0492. The number of para-hydroxylation sites is 1. The highest BCUT2D eigenvalue weighted by Gasteiger charge is 2.29. The van der Waals surface area contributed by atoms with Crippen molar-refractivity contribution in [2.75, 3.05) is 6.61 Å². The molecule has 110 valence electrons. The lowest BCUT2D eigenvalue weighted by Crippen LogP contribution is -2.23. The Morgan fingerprint density at radius 1 is 1.19 bits per heavy atom. The Balaban J connectivity index is 1.67. The van der Waals surface area contributed by atoms with Gasteiger partial charge in [-0.2, -0.15) is 0 Å². The Labute approximate surface area is 125 Å². The number of ether oxygens (including phenoxy) is 2. The van der Waals surface area contributed by atoms with E-state index in [0.29, 0.717) is 6.61 Å². The van der Waals surface area contributed by atoms with Crippen LogP contribution in [0, 0.1) is 0 Å². The summed E-state index contributed by atoms with van der Waals surface area (Å²) < 4.78 is 11.4. The topological polar surface area (TPSA) is 38.7 Å². The number of hydrogen-bond donors (Lipinski definition) is 1. The molecule has 1 N–H and O–H groups in total. The van der Waals surface area contributed by atoms with Gasteiger partial charge in [-0.15, -0.1) is 0 Å². The van der Waals surface area contributed by atoms with Gasteiger partial charge < -0.3 is 14.6 Å². The third kappa shape index (κ3) is 3.03. The minimum absolute atomic E-state index is 0.218. The molecule has 2 unspecified atom stereocenters. The molecule has 0 bridgehead atoms. The van der Waals surface area contributed by atoms with E-state index in [-0.39, 0.29) is 6.10 Å². The number of hydrogen-bond acceptors (Lipinski definition) is 3. The van der Waals surface area contributed by atoms with E-state index in [9.17, 15) is 5.11 Å². The van der Waals surface area contributed by atoms with Crippen molar-refractivity contribution in [1.29, 1.82) is 0 Å². The van der Waals surface area contributed by atoms with Gasteiger partial charge in [0.25, 0.3) is 0 Å². The lowest BCUT2D eigenvalue weighted by atomic mass is 10.0. The normalized spacial score (nSPS) is 17.9. The largest absolute Gasteiger partial charge is 0.494 e. The van der Waals surface area contributed by atoms with E-state index in [1.54, 1.807) is 0 Å². The van der Waals surface area contributed by atoms with E-state index in [1.807, 2.05) is 48.5 Å². The highest BCUT2D eigenvalue weighted by Crippen LogP contribution is 2.34. The number of aliphatic hydroxyl groups excluding tert-OH is 1. The Morgan fingerprint density at radius 2 is 1.95 bits per heavy atom. The zero-order valence-electron chi connectivity index (χ0n) is 12.2. The lowest BCUT2D eigenvalue weighted by Gasteiger charge is -2.18. The molecule has 1 aliphatic rings. The average molecular weight is 284 g/mol. The molecule has 0 saturated carbocycles. The standard InChI is InChI=1S/C18H20O3/c1-2-11-20-15-9-7-13(8-10-15)18(19)17-12-14-5-3-4-6-16(14)21-17/h3-10,17-19H,2,11-12H2,1H3. The summed E-state index contributed by atoms with van der Waals surface area (Å²) in [5.74, 6) is 1.72. The van der Waals surface area contributed by atoms with Crippen LogP contribution in [0.3, 0.4) is 0 Å². The van der Waals surface area contributed by atoms with Gasteiger partial charge in [0.1, 0.15) is 23.7 Å². The van der Waals surface area contributed by atoms with Crippen LogP contribution in [0.25, 0.3) is 0 Å². The van der Waals surface area contributed by atoms with Gasteiger partial charge in [-0.05, 0) is 35.7 Å². The van der Waals surface area contributed by atoms with E-state index in [0.717, 1.165) is 35.5 Å². The molecule has 3 nitrogen and oxygen atoms in total. The molecule has 0 radical (unpaired) electrons. The predicted octanol–water partition coefficient (Wildman–Crippen LogP) is 3.51. The molecule has 2 aromatic rings. The van der Waals surface area contributed by atoms with Gasteiger partial charge >= 0.3 is 0 Å². The predicted molar refractivity (Wildman–Crippen MR) is 81.7 cm³/mol. The van der Waals surface area contributed by atoms with Gasteiger partial charge in [0.05, 0.1) is 6.61 Å². The van der Waals surface area contributed by atoms with E-state index >= 15 is 0 Å². The van der Waals surface area contributed by atoms with E-state index in [1.165, 1.54) is 0 Å². The van der Waals surface area contributed by atoms with Gasteiger partial charge in [-0.3, -0.25) is 0 Å². The molecular formula is C18H20O3. The zero-order valence-corrected chi connectivity index (χ0v) is 12.2. The highest BCUT2D eigenvalue weighted by atomic mass is 16.5. The van der Waals surface area contributed by atoms with Crippen LogP contribution in [-0.2, 0) is 6.42 Å². The number of aliphatic hydroxyl groups is 1. The molecule has 0 fully saturated rings. The third-order valence-corrected chi connectivity index (χ3v) is 3.72. The van der Waals surface area contributed by atoms with Crippen molar-refractivity contribution in [2.45, 2.75) is 32.0 Å². The van der Waals surface area contributed by atoms with Crippen molar-refractivity contribution in [1.82, 2.24) is 0 Å². The molecule has 0 aliphatic carbocycles. The van der Waals surface area contributed by atoms with Crippen LogP contribution in [-0.4, -0.2) is 17.8 Å². The van der Waals surface area contributed by atoms with Gasteiger partial charge in [0, 0.05) is 6.42 Å². The summed E-state index contributed by atoms with van der Waals surface area (Å²) in [7, 11) is 0. The van der Waals surface area contributed by atoms with E-state index in [2.05, 4.69) is 6.92 Å². The maximum absolute atomic E-state index is 10.5. The maximum Gasteiger partial charge on any atom is 0.133 e. The van der Waals surface area contributed by atoms with E-state index < -0.39 is 6.10 Å². The van der Waals surface area contributed by atoms with Crippen molar-refractivity contribution in [3.8, 4) is 11.5 Å². The van der Waals surface area contributed by atoms with E-state index in [4.69, 9.17) is 9.47 Å². The van der Waals surface area contributed by atoms with Crippen LogP contribution in [0.5, 0.6) is 11.5 Å². The fourth-order valence-corrected chi connectivity index (χ4v) is 2.58. The van der Waals surface area contributed by atoms with Crippen LogP contribution >= 0.6 is 0 Å². The molecular weight excluding hydrogens is 264 g/mol. The molecule has 2 atom stereocenters. The summed E-state index contributed by atoms with van der Waals surface area (Å²) in [5, 5.41) is 10.5. The van der Waals surface area contributed by atoms with Crippen molar-refractivity contribution in [3.05, 3.63) is 59.7 Å². The summed E-state index contributed by atoms with van der Waals surface area (Å²) in [6.07, 6.45) is 0.881. The first-order chi connectivity index (χ1) is 10.3. The van der Waals surface area contributed by atoms with Crippen LogP contribution in [0.15, 0.2) is 48.5 Å². The second-order valence-corrected chi connectivity index (χ2v) is 5.33. The Kier molecular flexibility index (Phi) is 4.11. The van der Waals surface area contributed by atoms with Gasteiger partial charge in [0.15, 0.2) is 0 Å². The number of rotatable bonds is 5. The molecule has 1 heterocycles. The first kappa shape index (κ1) is 14.0. The summed E-state index contributed by atoms with van der Waals surface area (Å²) in [6.45, 7) is 2.79. The summed E-state index contributed by atoms with van der Waals surface area (Å²) in [6, 6.07) is 15.5. The van der Waals surface area contributed by atoms with Crippen molar-refractivity contribution in [3.63, 3.8) is 0 Å². The fourth-order valence-electron chi connectivity index (χ4n) is 2.58. The molecule has 0 aromatic heterocycles. The second kappa shape index (κ2) is 6.19. The summed E-state index contributed by atoms with van der Waals surface area (Å²) in [5.41, 5.74) is 2.01. The quantitative estimate of drug-likeness (QED) is 0.913. The van der Waals surface area contributed by atoms with Crippen molar-refractivity contribution >= 4 is 0 Å². The van der Waals surface area contributed by atoms with Crippen molar-refractivity contribution < 1.29 is 14.6 Å². The molecule has 0 amide bonds. The third-order valence-electron chi connectivity index (χ3n) is 3.72. The van der Waals surface area contributed by atoms with Crippen LogP contribution in [0.2, 0.25) is 0 Å². The molecule has 3 heteroatoms. The van der Waals surface area contributed by atoms with Gasteiger partial charge in [-0.25, -0.2) is 0 Å². The minimum Gasteiger partial charge on any atom is -0.494 e. The Bertz CT molecular complexity index is 567. The van der Waals surface area contributed by atoms with Crippen LogP contribution in [0.4, 0.5) is 0 Å². The maximum atomic E-state index is 10.5. The summed E-state index contributed by atoms with van der Waals surface area (Å²) in [4.78, 5) is 0. The number of fused-ring (bicyclic) bond motifs is 1. The molecule has 2 aromatic carbocycles. The molecule has 21 heavy (non-hydrogen) atoms. The smallest absolute Gasteiger partial charge is 0.133 e. The first-order valence-electron chi connectivity index (χ1n) is 7.43. The van der Waals surface area contributed by atoms with Gasteiger partial charge in [-0.1, -0.05) is 37.3 Å². The Morgan fingerprint density at radius 3 is 2.67 bits per heavy atom.